The summed E-state index contributed by atoms with van der Waals surface area (Å²) in [5, 5.41) is 15.5. The summed E-state index contributed by atoms with van der Waals surface area (Å²) >= 11 is 0. The molecule has 0 aliphatic carbocycles. The minimum absolute atomic E-state index is 0.0842. The Bertz CT molecular complexity index is 619. The van der Waals surface area contributed by atoms with Crippen LogP contribution in [0.2, 0.25) is 0 Å². The number of ether oxygens (including phenoxy) is 1. The minimum Gasteiger partial charge on any atom is -0.496 e. The van der Waals surface area contributed by atoms with Crippen molar-refractivity contribution in [2.24, 2.45) is 0 Å². The molecule has 2 aromatic rings. The fourth-order valence-electron chi connectivity index (χ4n) is 2.08. The van der Waals surface area contributed by atoms with Crippen LogP contribution in [0.25, 0.3) is 11.3 Å². The molecule has 0 amide bonds. The number of methoxy groups -OCH3 is 1. The number of aromatic carboxylic acids is 1. The molecule has 1 heterocycles. The number of hydrogen-bond acceptors (Lipinski definition) is 3. The second kappa shape index (κ2) is 5.77. The molecule has 20 heavy (non-hydrogen) atoms. The van der Waals surface area contributed by atoms with E-state index < -0.39 is 5.97 Å². The normalized spacial score (nSPS) is 12.2. The molecule has 5 nitrogen and oxygen atoms in total. The monoisotopic (exact) mass is 274 g/mol. The summed E-state index contributed by atoms with van der Waals surface area (Å²) < 4.78 is 5.38. The highest BCUT2D eigenvalue weighted by Crippen LogP contribution is 2.32. The number of carboxylic acids is 1. The van der Waals surface area contributed by atoms with E-state index in [9.17, 15) is 4.79 Å². The Hall–Kier alpha value is -2.30. The van der Waals surface area contributed by atoms with Gasteiger partial charge in [0.1, 0.15) is 11.4 Å². The minimum atomic E-state index is -1.01. The van der Waals surface area contributed by atoms with E-state index in [1.165, 1.54) is 6.07 Å². The highest BCUT2D eigenvalue weighted by Gasteiger charge is 2.14. The molecule has 0 saturated carbocycles. The van der Waals surface area contributed by atoms with Crippen LogP contribution in [0.15, 0.2) is 24.3 Å². The fourth-order valence-corrected chi connectivity index (χ4v) is 2.08. The zero-order valence-corrected chi connectivity index (χ0v) is 11.8. The van der Waals surface area contributed by atoms with Gasteiger partial charge in [0, 0.05) is 5.56 Å². The number of benzene rings is 1. The van der Waals surface area contributed by atoms with E-state index in [0.29, 0.717) is 11.6 Å². The first-order valence-corrected chi connectivity index (χ1v) is 6.53. The second-order valence-electron chi connectivity index (χ2n) is 4.74. The van der Waals surface area contributed by atoms with Crippen molar-refractivity contribution in [3.63, 3.8) is 0 Å². The van der Waals surface area contributed by atoms with Gasteiger partial charge in [-0.25, -0.2) is 4.79 Å². The Balaban J connectivity index is 2.44. The molecule has 2 N–H and O–H groups in total. The van der Waals surface area contributed by atoms with Crippen LogP contribution in [0, 0.1) is 0 Å². The van der Waals surface area contributed by atoms with Gasteiger partial charge in [0.15, 0.2) is 0 Å². The van der Waals surface area contributed by atoms with E-state index >= 15 is 0 Å². The molecule has 0 spiro atoms. The van der Waals surface area contributed by atoms with Gasteiger partial charge in [-0.15, -0.1) is 0 Å². The van der Waals surface area contributed by atoms with E-state index in [-0.39, 0.29) is 5.69 Å². The summed E-state index contributed by atoms with van der Waals surface area (Å²) in [6.07, 6.45) is 1.00. The van der Waals surface area contributed by atoms with Crippen molar-refractivity contribution in [2.45, 2.75) is 26.2 Å². The molecule has 1 atom stereocenters. The SMILES string of the molecule is CCC(C)c1cc(-c2cc(C(=O)O)[nH]n2)ccc1OC. The smallest absolute Gasteiger partial charge is 0.353 e. The van der Waals surface area contributed by atoms with Crippen LogP contribution in [0.1, 0.15) is 42.2 Å². The van der Waals surface area contributed by atoms with Crippen LogP contribution >= 0.6 is 0 Å². The standard InChI is InChI=1S/C15H18N2O3/c1-4-9(2)11-7-10(5-6-14(11)20-3)12-8-13(15(18)19)17-16-12/h5-9H,4H2,1-3H3,(H,16,17)(H,18,19). The van der Waals surface area contributed by atoms with Gasteiger partial charge in [-0.1, -0.05) is 13.8 Å². The Morgan fingerprint density at radius 2 is 2.20 bits per heavy atom. The first-order valence-electron chi connectivity index (χ1n) is 6.53. The number of aromatic nitrogens is 2. The third-order valence-corrected chi connectivity index (χ3v) is 3.48. The molecule has 0 aliphatic rings. The fraction of sp³-hybridized carbons (Fsp3) is 0.333. The largest absolute Gasteiger partial charge is 0.496 e. The summed E-state index contributed by atoms with van der Waals surface area (Å²) in [5.74, 6) is 0.194. The molecule has 1 aromatic heterocycles. The van der Waals surface area contributed by atoms with Gasteiger partial charge in [-0.2, -0.15) is 5.10 Å². The van der Waals surface area contributed by atoms with Crippen molar-refractivity contribution in [3.8, 4) is 17.0 Å². The average molecular weight is 274 g/mol. The number of carboxylic acid groups (broad SMARTS) is 1. The Labute approximate surface area is 117 Å². The number of nitrogens with one attached hydrogen (secondary N) is 1. The maximum absolute atomic E-state index is 10.9. The maximum Gasteiger partial charge on any atom is 0.353 e. The lowest BCUT2D eigenvalue weighted by molar-refractivity contribution is 0.0690. The van der Waals surface area contributed by atoms with Crippen LogP contribution in [-0.2, 0) is 0 Å². The van der Waals surface area contributed by atoms with Crippen LogP contribution in [0.3, 0.4) is 0 Å². The number of carbonyl (C=O) groups is 1. The summed E-state index contributed by atoms with van der Waals surface area (Å²) in [6.45, 7) is 4.25. The molecular weight excluding hydrogens is 256 g/mol. The zero-order chi connectivity index (χ0) is 14.7. The van der Waals surface area contributed by atoms with Gasteiger partial charge in [0.25, 0.3) is 0 Å². The molecule has 5 heteroatoms. The third-order valence-electron chi connectivity index (χ3n) is 3.48. The molecule has 0 bridgehead atoms. The Morgan fingerprint density at radius 1 is 1.45 bits per heavy atom. The van der Waals surface area contributed by atoms with Crippen molar-refractivity contribution < 1.29 is 14.6 Å². The van der Waals surface area contributed by atoms with Crippen molar-refractivity contribution >= 4 is 5.97 Å². The number of aromatic amines is 1. The molecular formula is C15H18N2O3. The molecule has 1 unspecified atom stereocenters. The molecule has 0 radical (unpaired) electrons. The van der Waals surface area contributed by atoms with E-state index in [2.05, 4.69) is 24.0 Å². The predicted octanol–water partition coefficient (Wildman–Crippen LogP) is 3.30. The summed E-state index contributed by atoms with van der Waals surface area (Å²) in [6, 6.07) is 7.32. The Kier molecular flexibility index (Phi) is 4.08. The molecule has 2 rings (SSSR count). The predicted molar refractivity (Wildman–Crippen MR) is 76.2 cm³/mol. The highest BCUT2D eigenvalue weighted by atomic mass is 16.5. The zero-order valence-electron chi connectivity index (χ0n) is 11.8. The van der Waals surface area contributed by atoms with E-state index in [0.717, 1.165) is 23.3 Å². The lowest BCUT2D eigenvalue weighted by atomic mass is 9.95. The third kappa shape index (κ3) is 2.66. The summed E-state index contributed by atoms with van der Waals surface area (Å²) in [5.41, 5.74) is 2.69. The van der Waals surface area contributed by atoms with Crippen molar-refractivity contribution in [1.82, 2.24) is 10.2 Å². The first kappa shape index (κ1) is 14.1. The van der Waals surface area contributed by atoms with Gasteiger partial charge < -0.3 is 9.84 Å². The van der Waals surface area contributed by atoms with E-state index in [4.69, 9.17) is 9.84 Å². The van der Waals surface area contributed by atoms with Crippen LogP contribution in [0.4, 0.5) is 0 Å². The molecule has 0 fully saturated rings. The lowest BCUT2D eigenvalue weighted by Gasteiger charge is -2.15. The van der Waals surface area contributed by atoms with Crippen molar-refractivity contribution in [3.05, 3.63) is 35.5 Å². The topological polar surface area (TPSA) is 75.2 Å². The molecule has 0 saturated heterocycles. The number of H-pyrrole nitrogens is 1. The summed E-state index contributed by atoms with van der Waals surface area (Å²) in [7, 11) is 1.65. The summed E-state index contributed by atoms with van der Waals surface area (Å²) in [4.78, 5) is 10.9. The number of hydrogen-bond donors (Lipinski definition) is 2. The van der Waals surface area contributed by atoms with Crippen LogP contribution in [0.5, 0.6) is 5.75 Å². The van der Waals surface area contributed by atoms with Crippen LogP contribution in [-0.4, -0.2) is 28.4 Å². The van der Waals surface area contributed by atoms with Gasteiger partial charge in [-0.3, -0.25) is 5.10 Å². The Morgan fingerprint density at radius 3 is 2.75 bits per heavy atom. The van der Waals surface area contributed by atoms with Gasteiger partial charge >= 0.3 is 5.97 Å². The first-order chi connectivity index (χ1) is 9.56. The van der Waals surface area contributed by atoms with Crippen LogP contribution < -0.4 is 4.74 Å². The maximum atomic E-state index is 10.9. The van der Waals surface area contributed by atoms with Gasteiger partial charge in [0.05, 0.1) is 12.8 Å². The van der Waals surface area contributed by atoms with Gasteiger partial charge in [0.2, 0.25) is 0 Å². The number of rotatable bonds is 5. The lowest BCUT2D eigenvalue weighted by Crippen LogP contribution is -1.97. The van der Waals surface area contributed by atoms with Crippen molar-refractivity contribution in [1.29, 1.82) is 0 Å². The second-order valence-corrected chi connectivity index (χ2v) is 4.74. The highest BCUT2D eigenvalue weighted by molar-refractivity contribution is 5.86. The molecule has 106 valence electrons. The van der Waals surface area contributed by atoms with Gasteiger partial charge in [-0.05, 0) is 42.2 Å². The average Bonchev–Trinajstić information content (AvgIpc) is 2.95. The number of nitrogens with zero attached hydrogens (tertiary/aromatic N) is 1. The van der Waals surface area contributed by atoms with Crippen molar-refractivity contribution in [2.75, 3.05) is 7.11 Å². The van der Waals surface area contributed by atoms with E-state index in [1.54, 1.807) is 7.11 Å². The van der Waals surface area contributed by atoms with E-state index in [1.807, 2.05) is 18.2 Å². The molecule has 1 aromatic carbocycles. The molecule has 0 aliphatic heterocycles. The quantitative estimate of drug-likeness (QED) is 0.877.